The van der Waals surface area contributed by atoms with Crippen molar-refractivity contribution in [3.05, 3.63) is 0 Å². The van der Waals surface area contributed by atoms with E-state index in [2.05, 4.69) is 5.32 Å². The van der Waals surface area contributed by atoms with Gasteiger partial charge in [-0.25, -0.2) is 0 Å². The van der Waals surface area contributed by atoms with Gasteiger partial charge in [0.2, 0.25) is 5.91 Å². The van der Waals surface area contributed by atoms with Crippen LogP contribution in [0.2, 0.25) is 0 Å². The summed E-state index contributed by atoms with van der Waals surface area (Å²) in [6.45, 7) is 7.94. The number of carbonyl (C=O) groups excluding carboxylic acids is 1. The maximum absolute atomic E-state index is 11.7. The van der Waals surface area contributed by atoms with Gasteiger partial charge in [0, 0.05) is 32.1 Å². The van der Waals surface area contributed by atoms with Gasteiger partial charge < -0.3 is 15.3 Å². The summed E-state index contributed by atoms with van der Waals surface area (Å²) in [5.74, 6) is 0.230. The van der Waals surface area contributed by atoms with Gasteiger partial charge in [-0.05, 0) is 33.6 Å². The molecule has 1 heterocycles. The highest BCUT2D eigenvalue weighted by Crippen LogP contribution is 2.09. The first-order valence-electron chi connectivity index (χ1n) is 6.15. The Morgan fingerprint density at radius 3 is 2.50 bits per heavy atom. The minimum atomic E-state index is -0.739. The highest BCUT2D eigenvalue weighted by Gasteiger charge is 2.22. The molecule has 16 heavy (non-hydrogen) atoms. The molecule has 1 aliphatic heterocycles. The molecule has 0 aromatic rings. The van der Waals surface area contributed by atoms with Crippen molar-refractivity contribution < 1.29 is 9.90 Å². The molecule has 0 saturated carbocycles. The van der Waals surface area contributed by atoms with E-state index >= 15 is 0 Å². The van der Waals surface area contributed by atoms with Crippen molar-refractivity contribution in [3.8, 4) is 0 Å². The Hall–Kier alpha value is -0.610. The number of amides is 1. The van der Waals surface area contributed by atoms with E-state index < -0.39 is 5.60 Å². The number of likely N-dealkylation sites (tertiary alicyclic amines) is 1. The molecule has 4 heteroatoms. The molecule has 0 radical (unpaired) electrons. The molecular weight excluding hydrogens is 204 g/mol. The van der Waals surface area contributed by atoms with Crippen LogP contribution in [-0.2, 0) is 4.79 Å². The predicted molar refractivity (Wildman–Crippen MR) is 64.2 cm³/mol. The second kappa shape index (κ2) is 5.64. The first kappa shape index (κ1) is 13.5. The average molecular weight is 228 g/mol. The minimum absolute atomic E-state index is 0.00104. The first-order chi connectivity index (χ1) is 7.41. The number of hydrogen-bond acceptors (Lipinski definition) is 3. The maximum atomic E-state index is 11.7. The zero-order valence-corrected chi connectivity index (χ0v) is 10.6. The van der Waals surface area contributed by atoms with E-state index in [-0.39, 0.29) is 11.9 Å². The van der Waals surface area contributed by atoms with E-state index in [4.69, 9.17) is 0 Å². The molecule has 1 fully saturated rings. The van der Waals surface area contributed by atoms with Crippen LogP contribution < -0.4 is 5.32 Å². The number of nitrogens with zero attached hydrogens (tertiary/aromatic N) is 1. The van der Waals surface area contributed by atoms with Crippen molar-refractivity contribution in [2.24, 2.45) is 0 Å². The van der Waals surface area contributed by atoms with Gasteiger partial charge in [0.05, 0.1) is 5.60 Å². The SMILES string of the molecule is CC(NCCC(=O)N1CCCC1)C(C)(C)O. The van der Waals surface area contributed by atoms with Gasteiger partial charge in [-0.1, -0.05) is 0 Å². The van der Waals surface area contributed by atoms with Gasteiger partial charge in [-0.15, -0.1) is 0 Å². The van der Waals surface area contributed by atoms with Crippen LogP contribution in [0.3, 0.4) is 0 Å². The summed E-state index contributed by atoms with van der Waals surface area (Å²) in [5.41, 5.74) is -0.739. The smallest absolute Gasteiger partial charge is 0.223 e. The van der Waals surface area contributed by atoms with Gasteiger partial charge >= 0.3 is 0 Å². The summed E-state index contributed by atoms with van der Waals surface area (Å²) >= 11 is 0. The molecule has 94 valence electrons. The lowest BCUT2D eigenvalue weighted by Crippen LogP contribution is -2.45. The lowest BCUT2D eigenvalue weighted by Gasteiger charge is -2.27. The molecule has 4 nitrogen and oxygen atoms in total. The molecule has 1 amide bonds. The number of hydrogen-bond donors (Lipinski definition) is 2. The lowest BCUT2D eigenvalue weighted by atomic mass is 10.0. The van der Waals surface area contributed by atoms with E-state index in [0.29, 0.717) is 13.0 Å². The van der Waals surface area contributed by atoms with E-state index in [1.54, 1.807) is 13.8 Å². The Morgan fingerprint density at radius 1 is 1.44 bits per heavy atom. The maximum Gasteiger partial charge on any atom is 0.223 e. The minimum Gasteiger partial charge on any atom is -0.389 e. The monoisotopic (exact) mass is 228 g/mol. The summed E-state index contributed by atoms with van der Waals surface area (Å²) in [6.07, 6.45) is 2.80. The Labute approximate surface area is 98.0 Å². The molecule has 0 aromatic heterocycles. The Bertz CT molecular complexity index is 230. The molecule has 1 rings (SSSR count). The topological polar surface area (TPSA) is 52.6 Å². The Morgan fingerprint density at radius 2 is 2.00 bits per heavy atom. The van der Waals surface area contributed by atoms with Crippen molar-refractivity contribution in [2.45, 2.75) is 51.7 Å². The van der Waals surface area contributed by atoms with Crippen molar-refractivity contribution in [1.82, 2.24) is 10.2 Å². The molecule has 2 N–H and O–H groups in total. The summed E-state index contributed by atoms with van der Waals surface area (Å²) in [7, 11) is 0. The summed E-state index contributed by atoms with van der Waals surface area (Å²) in [5, 5.41) is 12.9. The van der Waals surface area contributed by atoms with Gasteiger partial charge in [0.25, 0.3) is 0 Å². The summed E-state index contributed by atoms with van der Waals surface area (Å²) in [4.78, 5) is 13.6. The lowest BCUT2D eigenvalue weighted by molar-refractivity contribution is -0.130. The average Bonchev–Trinajstić information content (AvgIpc) is 2.68. The molecular formula is C12H24N2O2. The molecule has 1 unspecified atom stereocenters. The molecule has 0 aromatic carbocycles. The molecule has 0 spiro atoms. The van der Waals surface area contributed by atoms with Gasteiger partial charge in [-0.2, -0.15) is 0 Å². The summed E-state index contributed by atoms with van der Waals surface area (Å²) < 4.78 is 0. The molecule has 0 aliphatic carbocycles. The van der Waals surface area contributed by atoms with Crippen LogP contribution in [0.25, 0.3) is 0 Å². The fraction of sp³-hybridized carbons (Fsp3) is 0.917. The second-order valence-electron chi connectivity index (χ2n) is 5.17. The van der Waals surface area contributed by atoms with E-state index in [9.17, 15) is 9.90 Å². The second-order valence-corrected chi connectivity index (χ2v) is 5.17. The Balaban J connectivity index is 2.17. The van der Waals surface area contributed by atoms with Crippen molar-refractivity contribution in [2.75, 3.05) is 19.6 Å². The zero-order chi connectivity index (χ0) is 12.2. The normalized spacial score (nSPS) is 18.9. The predicted octanol–water partition coefficient (Wildman–Crippen LogP) is 0.748. The third-order valence-corrected chi connectivity index (χ3v) is 3.31. The number of aliphatic hydroxyl groups is 1. The number of rotatable bonds is 5. The Kier molecular flexibility index (Phi) is 4.74. The van der Waals surface area contributed by atoms with Crippen LogP contribution in [0, 0.1) is 0 Å². The van der Waals surface area contributed by atoms with Crippen molar-refractivity contribution in [3.63, 3.8) is 0 Å². The molecule has 0 bridgehead atoms. The van der Waals surface area contributed by atoms with Crippen LogP contribution in [0.15, 0.2) is 0 Å². The van der Waals surface area contributed by atoms with Crippen LogP contribution in [-0.4, -0.2) is 47.2 Å². The van der Waals surface area contributed by atoms with E-state index in [1.807, 2.05) is 11.8 Å². The van der Waals surface area contributed by atoms with E-state index in [1.165, 1.54) is 0 Å². The standard InChI is InChI=1S/C12H24N2O2/c1-10(12(2,3)16)13-7-6-11(15)14-8-4-5-9-14/h10,13,16H,4-9H2,1-3H3. The molecule has 1 atom stereocenters. The fourth-order valence-corrected chi connectivity index (χ4v) is 1.77. The summed E-state index contributed by atoms with van der Waals surface area (Å²) in [6, 6.07) is -0.00104. The largest absolute Gasteiger partial charge is 0.389 e. The third kappa shape index (κ3) is 4.10. The van der Waals surface area contributed by atoms with Crippen LogP contribution in [0.1, 0.15) is 40.0 Å². The van der Waals surface area contributed by atoms with Gasteiger partial charge in [0.15, 0.2) is 0 Å². The van der Waals surface area contributed by atoms with Crippen LogP contribution >= 0.6 is 0 Å². The third-order valence-electron chi connectivity index (χ3n) is 3.31. The van der Waals surface area contributed by atoms with Crippen LogP contribution in [0.4, 0.5) is 0 Å². The molecule has 1 saturated heterocycles. The quantitative estimate of drug-likeness (QED) is 0.730. The van der Waals surface area contributed by atoms with Gasteiger partial charge in [0.1, 0.15) is 0 Å². The fourth-order valence-electron chi connectivity index (χ4n) is 1.77. The number of nitrogens with one attached hydrogen (secondary N) is 1. The van der Waals surface area contributed by atoms with E-state index in [0.717, 1.165) is 25.9 Å². The van der Waals surface area contributed by atoms with Crippen molar-refractivity contribution in [1.29, 1.82) is 0 Å². The van der Waals surface area contributed by atoms with Crippen LogP contribution in [0.5, 0.6) is 0 Å². The highest BCUT2D eigenvalue weighted by molar-refractivity contribution is 5.76. The van der Waals surface area contributed by atoms with Crippen molar-refractivity contribution >= 4 is 5.91 Å². The molecule has 1 aliphatic rings. The zero-order valence-electron chi connectivity index (χ0n) is 10.6. The first-order valence-corrected chi connectivity index (χ1v) is 6.15. The highest BCUT2D eigenvalue weighted by atomic mass is 16.3. The van der Waals surface area contributed by atoms with Gasteiger partial charge in [-0.3, -0.25) is 4.79 Å². The number of carbonyl (C=O) groups is 1.